The van der Waals surface area contributed by atoms with Gasteiger partial charge in [-0.3, -0.25) is 0 Å². The van der Waals surface area contributed by atoms with Gasteiger partial charge in [0.2, 0.25) is 0 Å². The van der Waals surface area contributed by atoms with Crippen molar-refractivity contribution >= 4 is 12.0 Å². The molecule has 0 amide bonds. The number of rotatable bonds is 5. The Balaban J connectivity index is 0.000000400. The van der Waals surface area contributed by atoms with Crippen molar-refractivity contribution in [2.75, 3.05) is 6.61 Å². The number of ether oxygens (including phenoxy) is 1. The summed E-state index contributed by atoms with van der Waals surface area (Å²) < 4.78 is 4.43. The van der Waals surface area contributed by atoms with E-state index in [-0.39, 0.29) is 6.61 Å². The fourth-order valence-electron chi connectivity index (χ4n) is 1.06. The van der Waals surface area contributed by atoms with Crippen LogP contribution in [0.15, 0.2) is 73.6 Å². The molecule has 4 nitrogen and oxygen atoms in total. The van der Waals surface area contributed by atoms with Gasteiger partial charge in [0, 0.05) is 12.2 Å². The minimum Gasteiger partial charge on any atom is -0.516 e. The Bertz CT molecular complexity index is 537. The van der Waals surface area contributed by atoms with Crippen molar-refractivity contribution in [3.05, 3.63) is 79.1 Å². The zero-order valence-corrected chi connectivity index (χ0v) is 11.6. The average Bonchev–Trinajstić information content (AvgIpc) is 2.53. The second-order valence-corrected chi connectivity index (χ2v) is 3.48. The average molecular weight is 283 g/mol. The SMILES string of the molecule is C=CC(=O)OCC=CO.N#CC=CC=Cc1ccccc1. The summed E-state index contributed by atoms with van der Waals surface area (Å²) in [6.45, 7) is 3.26. The third-order valence-electron chi connectivity index (χ3n) is 1.96. The maximum Gasteiger partial charge on any atom is 0.330 e. The van der Waals surface area contributed by atoms with Gasteiger partial charge in [-0.25, -0.2) is 4.79 Å². The van der Waals surface area contributed by atoms with Gasteiger partial charge < -0.3 is 9.84 Å². The molecule has 0 aliphatic carbocycles. The van der Waals surface area contributed by atoms with Crippen molar-refractivity contribution < 1.29 is 14.6 Å². The number of hydrogen-bond acceptors (Lipinski definition) is 4. The molecule has 0 spiro atoms. The van der Waals surface area contributed by atoms with Crippen LogP contribution in [0.5, 0.6) is 0 Å². The van der Waals surface area contributed by atoms with E-state index in [9.17, 15) is 4.79 Å². The molecule has 1 aromatic carbocycles. The molecule has 108 valence electrons. The lowest BCUT2D eigenvalue weighted by Gasteiger charge is -1.92. The van der Waals surface area contributed by atoms with Crippen molar-refractivity contribution in [3.8, 4) is 6.07 Å². The second kappa shape index (κ2) is 13.4. The minimum absolute atomic E-state index is 0.0847. The van der Waals surface area contributed by atoms with Gasteiger partial charge in [-0.05, 0) is 11.6 Å². The van der Waals surface area contributed by atoms with E-state index in [2.05, 4.69) is 11.3 Å². The lowest BCUT2D eigenvalue weighted by molar-refractivity contribution is -0.136. The van der Waals surface area contributed by atoms with Crippen LogP contribution in [0, 0.1) is 11.3 Å². The first-order chi connectivity index (χ1) is 10.2. The van der Waals surface area contributed by atoms with Gasteiger partial charge in [0.05, 0.1) is 12.3 Å². The van der Waals surface area contributed by atoms with E-state index >= 15 is 0 Å². The molecular formula is C17H17NO3. The highest BCUT2D eigenvalue weighted by molar-refractivity contribution is 5.81. The predicted octanol–water partition coefficient (Wildman–Crippen LogP) is 3.57. The Morgan fingerprint density at radius 3 is 2.62 bits per heavy atom. The highest BCUT2D eigenvalue weighted by Gasteiger charge is 1.88. The standard InChI is InChI=1S/C11H9N.C6H8O3/c12-10-6-2-5-9-11-7-3-1-4-8-11;1-2-6(8)9-5-3-4-7/h1-9H;2-4,7H,1,5H2. The van der Waals surface area contributed by atoms with Crippen LogP contribution in [0.1, 0.15) is 5.56 Å². The molecule has 21 heavy (non-hydrogen) atoms. The van der Waals surface area contributed by atoms with Crippen LogP contribution >= 0.6 is 0 Å². The molecule has 0 unspecified atom stereocenters. The predicted molar refractivity (Wildman–Crippen MR) is 83.2 cm³/mol. The lowest BCUT2D eigenvalue weighted by atomic mass is 10.2. The maximum atomic E-state index is 10.2. The van der Waals surface area contributed by atoms with Crippen LogP contribution in [0.4, 0.5) is 0 Å². The van der Waals surface area contributed by atoms with Gasteiger partial charge >= 0.3 is 5.97 Å². The fourth-order valence-corrected chi connectivity index (χ4v) is 1.06. The number of esters is 1. The maximum absolute atomic E-state index is 10.2. The summed E-state index contributed by atoms with van der Waals surface area (Å²) in [5, 5.41) is 16.2. The molecule has 0 bridgehead atoms. The molecule has 0 aliphatic heterocycles. The largest absolute Gasteiger partial charge is 0.516 e. The molecular weight excluding hydrogens is 266 g/mol. The van der Waals surface area contributed by atoms with Gasteiger partial charge in [-0.1, -0.05) is 55.1 Å². The van der Waals surface area contributed by atoms with E-state index in [1.807, 2.05) is 48.6 Å². The van der Waals surface area contributed by atoms with Crippen molar-refractivity contribution in [1.29, 1.82) is 5.26 Å². The molecule has 0 aromatic heterocycles. The molecule has 0 saturated heterocycles. The summed E-state index contributed by atoms with van der Waals surface area (Å²) in [4.78, 5) is 10.2. The number of carbonyl (C=O) groups excluding carboxylic acids is 1. The number of hydrogen-bond donors (Lipinski definition) is 1. The highest BCUT2D eigenvalue weighted by Crippen LogP contribution is 2.00. The third-order valence-corrected chi connectivity index (χ3v) is 1.96. The minimum atomic E-state index is -0.492. The molecule has 4 heteroatoms. The Hall–Kier alpha value is -3.06. The zero-order chi connectivity index (χ0) is 15.8. The van der Waals surface area contributed by atoms with Crippen molar-refractivity contribution in [2.24, 2.45) is 0 Å². The molecule has 0 atom stereocenters. The monoisotopic (exact) mass is 283 g/mol. The van der Waals surface area contributed by atoms with Gasteiger partial charge in [0.1, 0.15) is 6.61 Å². The van der Waals surface area contributed by atoms with Crippen LogP contribution in [0.3, 0.4) is 0 Å². The van der Waals surface area contributed by atoms with Crippen LogP contribution < -0.4 is 0 Å². The number of allylic oxidation sites excluding steroid dienone is 3. The smallest absolute Gasteiger partial charge is 0.330 e. The van der Waals surface area contributed by atoms with Gasteiger partial charge in [0.25, 0.3) is 0 Å². The van der Waals surface area contributed by atoms with Gasteiger partial charge in [-0.2, -0.15) is 5.26 Å². The van der Waals surface area contributed by atoms with Crippen molar-refractivity contribution in [2.45, 2.75) is 0 Å². The fraction of sp³-hybridized carbons (Fsp3) is 0.0588. The van der Waals surface area contributed by atoms with Gasteiger partial charge in [-0.15, -0.1) is 0 Å². The topological polar surface area (TPSA) is 70.3 Å². The van der Waals surface area contributed by atoms with Crippen molar-refractivity contribution in [3.63, 3.8) is 0 Å². The summed E-state index contributed by atoms with van der Waals surface area (Å²) >= 11 is 0. The van der Waals surface area contributed by atoms with E-state index in [1.54, 1.807) is 6.08 Å². The van der Waals surface area contributed by atoms with E-state index in [1.165, 1.54) is 12.2 Å². The molecule has 0 radical (unpaired) electrons. The normalized spacial score (nSPS) is 10.0. The first-order valence-electron chi connectivity index (χ1n) is 6.11. The highest BCUT2D eigenvalue weighted by atomic mass is 16.5. The number of nitriles is 1. The molecule has 0 aliphatic rings. The summed E-state index contributed by atoms with van der Waals surface area (Å²) in [5.41, 5.74) is 1.14. The Morgan fingerprint density at radius 1 is 1.33 bits per heavy atom. The lowest BCUT2D eigenvalue weighted by Crippen LogP contribution is -1.98. The first-order valence-corrected chi connectivity index (χ1v) is 6.11. The molecule has 1 N–H and O–H groups in total. The number of benzene rings is 1. The van der Waals surface area contributed by atoms with E-state index in [4.69, 9.17) is 10.4 Å². The summed E-state index contributed by atoms with van der Waals surface area (Å²) in [6.07, 6.45) is 10.1. The van der Waals surface area contributed by atoms with E-state index in [0.717, 1.165) is 17.9 Å². The second-order valence-electron chi connectivity index (χ2n) is 3.48. The molecule has 1 rings (SSSR count). The molecule has 0 heterocycles. The van der Waals surface area contributed by atoms with Crippen LogP contribution in [0.25, 0.3) is 6.08 Å². The third kappa shape index (κ3) is 11.7. The Kier molecular flexibility index (Phi) is 11.4. The summed E-state index contributed by atoms with van der Waals surface area (Å²) in [5.74, 6) is -0.492. The Labute approximate surface area is 124 Å². The number of nitrogens with zero attached hydrogens (tertiary/aromatic N) is 1. The molecule has 0 saturated carbocycles. The van der Waals surface area contributed by atoms with Gasteiger partial charge in [0.15, 0.2) is 0 Å². The van der Waals surface area contributed by atoms with Crippen LogP contribution in [-0.2, 0) is 9.53 Å². The summed E-state index contributed by atoms with van der Waals surface area (Å²) in [6, 6.07) is 11.9. The van der Waals surface area contributed by atoms with Crippen LogP contribution in [-0.4, -0.2) is 17.7 Å². The van der Waals surface area contributed by atoms with Crippen molar-refractivity contribution in [1.82, 2.24) is 0 Å². The summed E-state index contributed by atoms with van der Waals surface area (Å²) in [7, 11) is 0. The number of aliphatic hydroxyl groups is 1. The first kappa shape index (κ1) is 17.9. The molecule has 1 aromatic rings. The Morgan fingerprint density at radius 2 is 2.05 bits per heavy atom. The quantitative estimate of drug-likeness (QED) is 0.295. The molecule has 0 fully saturated rings. The number of carbonyl (C=O) groups is 1. The number of aliphatic hydroxyl groups excluding tert-OH is 1. The van der Waals surface area contributed by atoms with E-state index < -0.39 is 5.97 Å². The van der Waals surface area contributed by atoms with E-state index in [0.29, 0.717) is 0 Å². The zero-order valence-electron chi connectivity index (χ0n) is 11.6. The van der Waals surface area contributed by atoms with Crippen LogP contribution in [0.2, 0.25) is 0 Å².